The fraction of sp³-hybridized carbons (Fsp3) is 0.500. The lowest BCUT2D eigenvalue weighted by molar-refractivity contribution is -0.126. The summed E-state index contributed by atoms with van der Waals surface area (Å²) in [7, 11) is -3.06. The maximum atomic E-state index is 13.6. The number of benzene rings is 1. The third kappa shape index (κ3) is 5.38. The van der Waals surface area contributed by atoms with Crippen molar-refractivity contribution in [2.24, 2.45) is 11.7 Å². The lowest BCUT2D eigenvalue weighted by Gasteiger charge is -2.31. The smallest absolute Gasteiger partial charge is 0.339 e. The highest BCUT2D eigenvalue weighted by Crippen LogP contribution is 2.27. The molecule has 0 aromatic heterocycles. The Morgan fingerprint density at radius 2 is 2.11 bits per heavy atom. The van der Waals surface area contributed by atoms with Gasteiger partial charge in [-0.3, -0.25) is 4.79 Å². The van der Waals surface area contributed by atoms with E-state index in [1.807, 2.05) is 0 Å². The maximum Gasteiger partial charge on any atom is 0.339 e. The van der Waals surface area contributed by atoms with Crippen LogP contribution in [0.15, 0.2) is 23.1 Å². The van der Waals surface area contributed by atoms with Gasteiger partial charge in [-0.15, -0.1) is 12.4 Å². The maximum absolute atomic E-state index is 13.6. The number of nitrogens with one attached hydrogen (secondary N) is 1. The van der Waals surface area contributed by atoms with E-state index in [4.69, 9.17) is 5.73 Å². The van der Waals surface area contributed by atoms with Gasteiger partial charge in [0.15, 0.2) is 0 Å². The standard InChI is InChI=1S/C16H22FN3O5S.ClH/c1-25-16(22)13-5-4-12(17)9-14(13)26(23,24)20-8-2-3-11(10-20)15(21)19-7-6-18;/h4-5,9,11H,2-3,6-8,10,18H2,1H3,(H,19,21);1H. The number of esters is 1. The summed E-state index contributed by atoms with van der Waals surface area (Å²) < 4.78 is 45.3. The molecular weight excluding hydrogens is 401 g/mol. The zero-order valence-corrected chi connectivity index (χ0v) is 16.4. The van der Waals surface area contributed by atoms with E-state index in [0.717, 1.165) is 29.6 Å². The molecule has 0 aliphatic carbocycles. The quantitative estimate of drug-likeness (QED) is 0.643. The summed E-state index contributed by atoms with van der Waals surface area (Å²) in [6.07, 6.45) is 1.01. The Morgan fingerprint density at radius 1 is 1.41 bits per heavy atom. The Morgan fingerprint density at radius 3 is 2.74 bits per heavy atom. The van der Waals surface area contributed by atoms with E-state index in [0.29, 0.717) is 19.4 Å². The molecule has 1 aromatic carbocycles. The van der Waals surface area contributed by atoms with Crippen LogP contribution in [-0.2, 0) is 19.6 Å². The SMILES string of the molecule is COC(=O)c1ccc(F)cc1S(=O)(=O)N1CCCC(C(=O)NCCN)C1.Cl. The summed E-state index contributed by atoms with van der Waals surface area (Å²) in [5.74, 6) is -2.47. The number of piperidine rings is 1. The zero-order chi connectivity index (χ0) is 19.3. The van der Waals surface area contributed by atoms with Crippen molar-refractivity contribution in [3.05, 3.63) is 29.6 Å². The normalized spacial score (nSPS) is 17.7. The average molecular weight is 424 g/mol. The fourth-order valence-corrected chi connectivity index (χ4v) is 4.56. The summed E-state index contributed by atoms with van der Waals surface area (Å²) in [6.45, 7) is 0.723. The molecule has 1 aromatic rings. The number of carbonyl (C=O) groups excluding carboxylic acids is 2. The highest BCUT2D eigenvalue weighted by atomic mass is 35.5. The second-order valence-electron chi connectivity index (χ2n) is 5.91. The van der Waals surface area contributed by atoms with Crippen LogP contribution in [0.3, 0.4) is 0 Å². The first-order valence-electron chi connectivity index (χ1n) is 8.17. The Labute approximate surface area is 163 Å². The van der Waals surface area contributed by atoms with E-state index in [-0.39, 0.29) is 43.5 Å². The summed E-state index contributed by atoms with van der Waals surface area (Å²) in [5, 5.41) is 2.64. The molecule has 2 rings (SSSR count). The predicted octanol–water partition coefficient (Wildman–Crippen LogP) is 0.510. The minimum atomic E-state index is -4.17. The first kappa shape index (κ1) is 23.3. The number of rotatable bonds is 6. The van der Waals surface area contributed by atoms with E-state index in [9.17, 15) is 22.4 Å². The zero-order valence-electron chi connectivity index (χ0n) is 14.8. The van der Waals surface area contributed by atoms with Gasteiger partial charge in [-0.2, -0.15) is 4.31 Å². The van der Waals surface area contributed by atoms with Crippen molar-refractivity contribution in [3.8, 4) is 0 Å². The van der Waals surface area contributed by atoms with Gasteiger partial charge in [0.1, 0.15) is 5.82 Å². The van der Waals surface area contributed by atoms with Gasteiger partial charge in [-0.1, -0.05) is 0 Å². The predicted molar refractivity (Wildman–Crippen MR) is 98.5 cm³/mol. The number of methoxy groups -OCH3 is 1. The Hall–Kier alpha value is -1.75. The third-order valence-corrected chi connectivity index (χ3v) is 6.07. The Bertz CT molecular complexity index is 790. The Balaban J connectivity index is 0.00000364. The number of carbonyl (C=O) groups is 2. The summed E-state index contributed by atoms with van der Waals surface area (Å²) in [6, 6.07) is 2.85. The molecule has 1 fully saturated rings. The molecule has 8 nitrogen and oxygen atoms in total. The van der Waals surface area contributed by atoms with E-state index < -0.39 is 32.6 Å². The first-order valence-corrected chi connectivity index (χ1v) is 9.61. The number of sulfonamides is 1. The molecule has 1 amide bonds. The molecule has 0 bridgehead atoms. The molecule has 11 heteroatoms. The van der Waals surface area contributed by atoms with Gasteiger partial charge in [-0.25, -0.2) is 17.6 Å². The van der Waals surface area contributed by atoms with E-state index in [1.165, 1.54) is 0 Å². The second kappa shape index (κ2) is 9.98. The van der Waals surface area contributed by atoms with Gasteiger partial charge in [0.05, 0.1) is 23.5 Å². The van der Waals surface area contributed by atoms with Crippen LogP contribution in [0.1, 0.15) is 23.2 Å². The monoisotopic (exact) mass is 423 g/mol. The van der Waals surface area contributed by atoms with Crippen LogP contribution in [0.2, 0.25) is 0 Å². The van der Waals surface area contributed by atoms with Crippen LogP contribution < -0.4 is 11.1 Å². The molecule has 0 spiro atoms. The molecule has 1 aliphatic heterocycles. The van der Waals surface area contributed by atoms with Crippen LogP contribution in [0.5, 0.6) is 0 Å². The van der Waals surface area contributed by atoms with Crippen molar-refractivity contribution in [2.75, 3.05) is 33.3 Å². The van der Waals surface area contributed by atoms with Crippen molar-refractivity contribution < 1.29 is 27.1 Å². The minimum absolute atomic E-state index is 0. The molecule has 3 N–H and O–H groups in total. The van der Waals surface area contributed by atoms with E-state index >= 15 is 0 Å². The van der Waals surface area contributed by atoms with E-state index in [1.54, 1.807) is 0 Å². The van der Waals surface area contributed by atoms with E-state index in [2.05, 4.69) is 10.1 Å². The molecule has 1 aliphatic rings. The lowest BCUT2D eigenvalue weighted by Crippen LogP contribution is -2.46. The number of nitrogens with zero attached hydrogens (tertiary/aromatic N) is 1. The summed E-state index contributed by atoms with van der Waals surface area (Å²) >= 11 is 0. The van der Waals surface area contributed by atoms with Crippen molar-refractivity contribution in [1.82, 2.24) is 9.62 Å². The minimum Gasteiger partial charge on any atom is -0.465 e. The first-order chi connectivity index (χ1) is 12.3. The largest absolute Gasteiger partial charge is 0.465 e. The second-order valence-corrected chi connectivity index (χ2v) is 7.82. The molecule has 1 unspecified atom stereocenters. The van der Waals surface area contributed by atoms with Crippen LogP contribution >= 0.6 is 12.4 Å². The van der Waals surface area contributed by atoms with Crippen LogP contribution in [0.4, 0.5) is 4.39 Å². The van der Waals surface area contributed by atoms with Crippen molar-refractivity contribution in [2.45, 2.75) is 17.7 Å². The molecule has 152 valence electrons. The van der Waals surface area contributed by atoms with Gasteiger partial charge >= 0.3 is 5.97 Å². The van der Waals surface area contributed by atoms with Crippen LogP contribution in [0, 0.1) is 11.7 Å². The van der Waals surface area contributed by atoms with Crippen molar-refractivity contribution in [1.29, 1.82) is 0 Å². The Kier molecular flexibility index (Phi) is 8.60. The average Bonchev–Trinajstić information content (AvgIpc) is 2.65. The summed E-state index contributed by atoms with van der Waals surface area (Å²) in [4.78, 5) is 23.5. The molecule has 1 heterocycles. The molecule has 0 saturated carbocycles. The van der Waals surface area contributed by atoms with Gasteiger partial charge in [0.25, 0.3) is 0 Å². The van der Waals surface area contributed by atoms with Crippen molar-refractivity contribution >= 4 is 34.3 Å². The lowest BCUT2D eigenvalue weighted by atomic mass is 9.99. The highest BCUT2D eigenvalue weighted by Gasteiger charge is 2.35. The van der Waals surface area contributed by atoms with Gasteiger partial charge < -0.3 is 15.8 Å². The highest BCUT2D eigenvalue weighted by molar-refractivity contribution is 7.89. The topological polar surface area (TPSA) is 119 Å². The molecular formula is C16H23ClFN3O5S. The number of hydrogen-bond acceptors (Lipinski definition) is 6. The number of nitrogens with two attached hydrogens (primary N) is 1. The number of halogens is 2. The van der Waals surface area contributed by atoms with Crippen LogP contribution in [0.25, 0.3) is 0 Å². The van der Waals surface area contributed by atoms with Crippen LogP contribution in [-0.4, -0.2) is 57.9 Å². The number of hydrogen-bond donors (Lipinski definition) is 2. The fourth-order valence-electron chi connectivity index (χ4n) is 2.84. The third-order valence-electron chi connectivity index (χ3n) is 4.17. The molecule has 27 heavy (non-hydrogen) atoms. The van der Waals surface area contributed by atoms with Crippen molar-refractivity contribution in [3.63, 3.8) is 0 Å². The van der Waals surface area contributed by atoms with Gasteiger partial charge in [0, 0.05) is 26.2 Å². The molecule has 1 saturated heterocycles. The number of ether oxygens (including phenoxy) is 1. The molecule has 0 radical (unpaired) electrons. The molecule has 1 atom stereocenters. The van der Waals surface area contributed by atoms with Gasteiger partial charge in [-0.05, 0) is 31.0 Å². The van der Waals surface area contributed by atoms with Gasteiger partial charge in [0.2, 0.25) is 15.9 Å². The number of amides is 1. The summed E-state index contributed by atoms with van der Waals surface area (Å²) in [5.41, 5.74) is 5.10.